The van der Waals surface area contributed by atoms with Crippen molar-refractivity contribution in [2.75, 3.05) is 26.8 Å². The highest BCUT2D eigenvalue weighted by atomic mass is 16.5. The van der Waals surface area contributed by atoms with Crippen molar-refractivity contribution in [3.8, 4) is 0 Å². The van der Waals surface area contributed by atoms with Crippen molar-refractivity contribution in [2.24, 2.45) is 17.8 Å². The Hall–Kier alpha value is -2.26. The van der Waals surface area contributed by atoms with Gasteiger partial charge in [-0.15, -0.1) is 5.10 Å². The van der Waals surface area contributed by atoms with Gasteiger partial charge in [0.2, 0.25) is 0 Å². The molecule has 0 radical (unpaired) electrons. The summed E-state index contributed by atoms with van der Waals surface area (Å²) in [6.07, 6.45) is 6.52. The Morgan fingerprint density at radius 2 is 2.07 bits per heavy atom. The third-order valence-corrected chi connectivity index (χ3v) is 6.73. The predicted octanol–water partition coefficient (Wildman–Crippen LogP) is 1.97. The van der Waals surface area contributed by atoms with Crippen LogP contribution in [-0.4, -0.2) is 68.9 Å². The van der Waals surface area contributed by atoms with Crippen molar-refractivity contribution in [3.05, 3.63) is 29.3 Å². The quantitative estimate of drug-likeness (QED) is 0.744. The molecule has 1 amide bonds. The van der Waals surface area contributed by atoms with Gasteiger partial charge in [-0.2, -0.15) is 5.10 Å². The molecule has 162 valence electrons. The van der Waals surface area contributed by atoms with Gasteiger partial charge in [-0.25, -0.2) is 4.68 Å². The zero-order chi connectivity index (χ0) is 20.7. The molecule has 1 saturated heterocycles. The standard InChI is InChI=1S/C21H30N6O3/c1-13-5-18(24-22-13)21(28)26-8-15-6-19(27-10-17(12-29-2)23-25-27)20(7-16(15)9-26)30-11-14-3-4-14/h5,10,14-16,19-20H,3-4,6-9,11-12H2,1-2H3,(H,22,24)/t15-,16+,19-,20-/m1/s1. The molecule has 0 spiro atoms. The summed E-state index contributed by atoms with van der Waals surface area (Å²) in [5.41, 5.74) is 2.24. The Labute approximate surface area is 176 Å². The molecule has 9 nitrogen and oxygen atoms in total. The number of rotatable bonds is 7. The predicted molar refractivity (Wildman–Crippen MR) is 108 cm³/mol. The molecule has 5 rings (SSSR count). The minimum Gasteiger partial charge on any atom is -0.378 e. The van der Waals surface area contributed by atoms with Crippen molar-refractivity contribution in [2.45, 2.75) is 51.4 Å². The molecule has 0 bridgehead atoms. The summed E-state index contributed by atoms with van der Waals surface area (Å²) >= 11 is 0. The second-order valence-corrected chi connectivity index (χ2v) is 9.14. The summed E-state index contributed by atoms with van der Waals surface area (Å²) in [6.45, 7) is 4.74. The summed E-state index contributed by atoms with van der Waals surface area (Å²) in [5, 5.41) is 15.7. The van der Waals surface area contributed by atoms with E-state index in [1.807, 2.05) is 28.8 Å². The van der Waals surface area contributed by atoms with Crippen LogP contribution in [-0.2, 0) is 16.1 Å². The maximum atomic E-state index is 12.9. The summed E-state index contributed by atoms with van der Waals surface area (Å²) in [6, 6.07) is 1.97. The van der Waals surface area contributed by atoms with E-state index in [0.717, 1.165) is 43.9 Å². The topological polar surface area (TPSA) is 98.2 Å². The number of fused-ring (bicyclic) bond motifs is 1. The van der Waals surface area contributed by atoms with Gasteiger partial charge >= 0.3 is 0 Å². The van der Waals surface area contributed by atoms with Crippen LogP contribution in [0.1, 0.15) is 53.6 Å². The highest BCUT2D eigenvalue weighted by Gasteiger charge is 2.45. The molecule has 9 heteroatoms. The fraction of sp³-hybridized carbons (Fsp3) is 0.714. The van der Waals surface area contributed by atoms with Crippen LogP contribution in [0, 0.1) is 24.7 Å². The average molecular weight is 415 g/mol. The van der Waals surface area contributed by atoms with Crippen LogP contribution >= 0.6 is 0 Å². The summed E-state index contributed by atoms with van der Waals surface area (Å²) < 4.78 is 13.6. The first-order valence-electron chi connectivity index (χ1n) is 10.9. The molecule has 4 atom stereocenters. The lowest BCUT2D eigenvalue weighted by Gasteiger charge is -2.37. The molecule has 0 unspecified atom stereocenters. The van der Waals surface area contributed by atoms with Crippen LogP contribution in [0.4, 0.5) is 0 Å². The first-order valence-corrected chi connectivity index (χ1v) is 10.9. The molecule has 3 heterocycles. The van der Waals surface area contributed by atoms with Gasteiger partial charge in [0.15, 0.2) is 0 Å². The second kappa shape index (κ2) is 8.11. The number of aromatic amines is 1. The number of hydrogen-bond donors (Lipinski definition) is 1. The molecule has 2 aromatic heterocycles. The van der Waals surface area contributed by atoms with Gasteiger partial charge in [0.25, 0.3) is 5.91 Å². The Bertz CT molecular complexity index is 891. The highest BCUT2D eigenvalue weighted by molar-refractivity contribution is 5.92. The van der Waals surface area contributed by atoms with E-state index in [2.05, 4.69) is 20.5 Å². The SMILES string of the molecule is COCc1cn([C@@H]2C[C@@H]3CN(C(=O)c4cc(C)[nH]n4)C[C@@H]3C[C@H]2OCC2CC2)nn1. The number of nitrogens with one attached hydrogen (secondary N) is 1. The summed E-state index contributed by atoms with van der Waals surface area (Å²) in [7, 11) is 1.66. The van der Waals surface area contributed by atoms with E-state index in [1.54, 1.807) is 7.11 Å². The highest BCUT2D eigenvalue weighted by Crippen LogP contribution is 2.43. The van der Waals surface area contributed by atoms with Gasteiger partial charge in [0, 0.05) is 32.5 Å². The number of methoxy groups -OCH3 is 1. The lowest BCUT2D eigenvalue weighted by atomic mass is 9.77. The molecule has 3 fully saturated rings. The van der Waals surface area contributed by atoms with Crippen molar-refractivity contribution < 1.29 is 14.3 Å². The van der Waals surface area contributed by atoms with Crippen LogP contribution < -0.4 is 0 Å². The van der Waals surface area contributed by atoms with E-state index in [4.69, 9.17) is 9.47 Å². The van der Waals surface area contributed by atoms with Gasteiger partial charge in [0.05, 0.1) is 24.9 Å². The monoisotopic (exact) mass is 414 g/mol. The van der Waals surface area contributed by atoms with Crippen molar-refractivity contribution >= 4 is 5.91 Å². The Kier molecular flexibility index (Phi) is 5.32. The molecule has 1 aliphatic heterocycles. The van der Waals surface area contributed by atoms with Crippen LogP contribution in [0.5, 0.6) is 0 Å². The minimum atomic E-state index is 0.0175. The molecule has 2 aromatic rings. The number of hydrogen-bond acceptors (Lipinski definition) is 6. The van der Waals surface area contributed by atoms with Gasteiger partial charge in [-0.1, -0.05) is 5.21 Å². The van der Waals surface area contributed by atoms with Gasteiger partial charge < -0.3 is 14.4 Å². The van der Waals surface area contributed by atoms with E-state index < -0.39 is 0 Å². The molecule has 30 heavy (non-hydrogen) atoms. The molecule has 2 saturated carbocycles. The second-order valence-electron chi connectivity index (χ2n) is 9.14. The Morgan fingerprint density at radius 1 is 1.27 bits per heavy atom. The molecule has 2 aliphatic carbocycles. The fourth-order valence-corrected chi connectivity index (χ4v) is 4.94. The lowest BCUT2D eigenvalue weighted by Crippen LogP contribution is -2.38. The number of ether oxygens (including phenoxy) is 2. The third kappa shape index (κ3) is 4.00. The molecule has 3 aliphatic rings. The van der Waals surface area contributed by atoms with Crippen molar-refractivity contribution in [1.82, 2.24) is 30.1 Å². The van der Waals surface area contributed by atoms with Gasteiger partial charge in [-0.05, 0) is 56.4 Å². The molecule has 1 N–H and O–H groups in total. The molecular formula is C21H30N6O3. The average Bonchev–Trinajstić information content (AvgIpc) is 3.11. The third-order valence-electron chi connectivity index (χ3n) is 6.73. The smallest absolute Gasteiger partial charge is 0.274 e. The van der Waals surface area contributed by atoms with Crippen LogP contribution in [0.25, 0.3) is 0 Å². The Morgan fingerprint density at radius 3 is 2.77 bits per heavy atom. The zero-order valence-electron chi connectivity index (χ0n) is 17.7. The maximum Gasteiger partial charge on any atom is 0.274 e. The van der Waals surface area contributed by atoms with E-state index >= 15 is 0 Å². The number of nitrogens with zero attached hydrogens (tertiary/aromatic N) is 5. The summed E-state index contributed by atoms with van der Waals surface area (Å²) in [5.74, 6) is 1.63. The van der Waals surface area contributed by atoms with Gasteiger partial charge in [0.1, 0.15) is 11.4 Å². The van der Waals surface area contributed by atoms with Crippen LogP contribution in [0.3, 0.4) is 0 Å². The Balaban J connectivity index is 1.31. The number of amides is 1. The maximum absolute atomic E-state index is 12.9. The molecular weight excluding hydrogens is 384 g/mol. The number of aromatic nitrogens is 5. The summed E-state index contributed by atoms with van der Waals surface area (Å²) in [4.78, 5) is 14.9. The minimum absolute atomic E-state index is 0.0175. The number of carbonyl (C=O) groups excluding carboxylic acids is 1. The van der Waals surface area contributed by atoms with E-state index in [9.17, 15) is 4.79 Å². The first kappa shape index (κ1) is 19.7. The van der Waals surface area contributed by atoms with Crippen LogP contribution in [0.15, 0.2) is 12.3 Å². The number of carbonyl (C=O) groups is 1. The lowest BCUT2D eigenvalue weighted by molar-refractivity contribution is -0.0375. The van der Waals surface area contributed by atoms with Crippen molar-refractivity contribution in [1.29, 1.82) is 0 Å². The first-order chi connectivity index (χ1) is 14.6. The van der Waals surface area contributed by atoms with E-state index in [0.29, 0.717) is 30.1 Å². The normalized spacial score (nSPS) is 28.7. The zero-order valence-corrected chi connectivity index (χ0v) is 17.7. The van der Waals surface area contributed by atoms with Gasteiger partial charge in [-0.3, -0.25) is 9.89 Å². The number of aryl methyl sites for hydroxylation is 1. The van der Waals surface area contributed by atoms with Crippen molar-refractivity contribution in [3.63, 3.8) is 0 Å². The van der Waals surface area contributed by atoms with E-state index in [-0.39, 0.29) is 18.1 Å². The van der Waals surface area contributed by atoms with Crippen LogP contribution in [0.2, 0.25) is 0 Å². The fourth-order valence-electron chi connectivity index (χ4n) is 4.94. The number of likely N-dealkylation sites (tertiary alicyclic amines) is 1. The molecule has 0 aromatic carbocycles. The largest absolute Gasteiger partial charge is 0.378 e. The van der Waals surface area contributed by atoms with E-state index in [1.165, 1.54) is 12.8 Å². The number of H-pyrrole nitrogens is 1.